The van der Waals surface area contributed by atoms with E-state index in [0.717, 1.165) is 59.1 Å². The Kier molecular flexibility index (Phi) is 15.3. The van der Waals surface area contributed by atoms with Gasteiger partial charge in [0.15, 0.2) is 17.2 Å². The summed E-state index contributed by atoms with van der Waals surface area (Å²) in [6, 6.07) is 23.3. The van der Waals surface area contributed by atoms with Crippen LogP contribution in [0.25, 0.3) is 21.2 Å². The molecule has 5 aromatic rings. The lowest BCUT2D eigenvalue weighted by Gasteiger charge is -2.53. The number of nitrogens with zero attached hydrogens (tertiary/aromatic N) is 2. The van der Waals surface area contributed by atoms with Crippen LogP contribution in [0.3, 0.4) is 0 Å². The molecule has 9 rings (SSSR count). The van der Waals surface area contributed by atoms with Crippen molar-refractivity contribution >= 4 is 87.6 Å². The summed E-state index contributed by atoms with van der Waals surface area (Å²) in [4.78, 5) is 72.8. The number of carboxylic acid groups (broad SMARTS) is 2. The molecule has 4 unspecified atom stereocenters. The van der Waals surface area contributed by atoms with Gasteiger partial charge in [-0.2, -0.15) is 13.2 Å². The number of nitrogens with one attached hydrogen (secondary N) is 4. The highest BCUT2D eigenvalue weighted by atomic mass is 32.2. The van der Waals surface area contributed by atoms with Crippen LogP contribution < -0.4 is 30.9 Å². The van der Waals surface area contributed by atoms with Crippen LogP contribution in [0.4, 0.5) is 30.2 Å². The fraction of sp³-hybridized carbons (Fsp3) is 0.360. The summed E-state index contributed by atoms with van der Waals surface area (Å²) in [5.41, 5.74) is 3.65. The third kappa shape index (κ3) is 10.6. The maximum atomic E-state index is 14.4. The van der Waals surface area contributed by atoms with Crippen molar-refractivity contribution in [2.24, 2.45) is 11.8 Å². The molecule has 1 aromatic heterocycles. The first-order valence-corrected chi connectivity index (χ1v) is 24.6. The van der Waals surface area contributed by atoms with E-state index >= 15 is 0 Å². The van der Waals surface area contributed by atoms with Crippen LogP contribution in [0.5, 0.6) is 5.75 Å². The summed E-state index contributed by atoms with van der Waals surface area (Å²) in [5, 5.41) is 32.9. The van der Waals surface area contributed by atoms with Crippen LogP contribution in [-0.2, 0) is 31.1 Å². The Hall–Kier alpha value is -6.64. The number of benzene rings is 4. The molecule has 70 heavy (non-hydrogen) atoms. The van der Waals surface area contributed by atoms with Gasteiger partial charge in [-0.25, -0.2) is 13.9 Å². The molecular weight excluding hydrogens is 950 g/mol. The zero-order chi connectivity index (χ0) is 49.7. The number of thiophene rings is 1. The molecular formula is C50H51F3N6O9S2. The average Bonchev–Trinajstić information content (AvgIpc) is 3.89. The maximum Gasteiger partial charge on any atom is 0.421 e. The molecule has 3 aliphatic heterocycles. The number of aldehydes is 1. The number of carboxylic acids is 2. The van der Waals surface area contributed by atoms with Crippen LogP contribution >= 0.6 is 23.3 Å². The van der Waals surface area contributed by atoms with Gasteiger partial charge in [0, 0.05) is 73.8 Å². The number of hydrogen-bond acceptors (Lipinski definition) is 12. The van der Waals surface area contributed by atoms with Crippen molar-refractivity contribution in [2.45, 2.75) is 62.0 Å². The third-order valence-electron chi connectivity index (χ3n) is 13.1. The molecule has 4 atom stereocenters. The highest BCUT2D eigenvalue weighted by Gasteiger charge is 2.47. The van der Waals surface area contributed by atoms with E-state index in [0.29, 0.717) is 72.5 Å². The second-order valence-corrected chi connectivity index (χ2v) is 19.6. The minimum Gasteiger partial charge on any atom is -0.479 e. The highest BCUT2D eigenvalue weighted by molar-refractivity contribution is 7.96. The highest BCUT2D eigenvalue weighted by Crippen LogP contribution is 2.51. The smallest absolute Gasteiger partial charge is 0.421 e. The molecule has 3 amide bonds. The van der Waals surface area contributed by atoms with E-state index in [9.17, 15) is 47.0 Å². The molecule has 2 saturated heterocycles. The Bertz CT molecular complexity index is 2800. The second kappa shape index (κ2) is 21.6. The van der Waals surface area contributed by atoms with Crippen LogP contribution in [-0.4, -0.2) is 103 Å². The van der Waals surface area contributed by atoms with Gasteiger partial charge in [0.25, 0.3) is 5.91 Å². The number of anilines is 3. The van der Waals surface area contributed by atoms with Gasteiger partial charge in [-0.15, -0.1) is 11.3 Å². The predicted molar refractivity (Wildman–Crippen MR) is 262 cm³/mol. The lowest BCUT2D eigenvalue weighted by atomic mass is 9.67. The van der Waals surface area contributed by atoms with Gasteiger partial charge in [0.05, 0.1) is 10.6 Å². The van der Waals surface area contributed by atoms with Crippen molar-refractivity contribution < 1.29 is 56.9 Å². The molecule has 6 N–H and O–H groups in total. The van der Waals surface area contributed by atoms with Crippen molar-refractivity contribution in [1.29, 1.82) is 0 Å². The number of amides is 3. The second-order valence-electron chi connectivity index (χ2n) is 17.5. The van der Waals surface area contributed by atoms with Gasteiger partial charge in [-0.3, -0.25) is 19.3 Å². The van der Waals surface area contributed by atoms with Crippen molar-refractivity contribution in [3.8, 4) is 16.2 Å². The quantitative estimate of drug-likeness (QED) is 0.0197. The van der Waals surface area contributed by atoms with E-state index in [2.05, 4.69) is 37.7 Å². The summed E-state index contributed by atoms with van der Waals surface area (Å²) < 4.78 is 50.4. The van der Waals surface area contributed by atoms with Crippen molar-refractivity contribution in [1.82, 2.24) is 14.9 Å². The number of halogens is 3. The number of aromatic carboxylic acids is 1. The number of likely N-dealkylation sites (N-methyl/N-ethyl adjacent to an activating group) is 1. The molecule has 368 valence electrons. The first-order valence-electron chi connectivity index (χ1n) is 22.8. The standard InChI is InChI=1S/C50H51F3N6O9S2/c1-54-47(64)39(12-5-19-60)59-38-14-13-35(36-10-4-11-37(41(36)38)48(59)65)29(15-17-55-27-61)16-18-56-33-8-2-6-28(20-33)26-69-58-23-31-21-32(24-58)43(31)57-34-9-3-7-30(22-34)45-42(50(51,52)53)44(68-25-40(62)63)46(70-45)49(66)67/h2-4,6-11,13-14,19-20,22,27,29,31-32,39,43,56-57H,5,12,15-18,21,23-26H2,1H3,(H,54,64)(H,55,61)(H,62,63)(H,66,67). The molecule has 15 nitrogen and oxygen atoms in total. The van der Waals surface area contributed by atoms with Crippen molar-refractivity contribution in [2.75, 3.05) is 55.4 Å². The van der Waals surface area contributed by atoms with Gasteiger partial charge < -0.3 is 41.0 Å². The SMILES string of the molecule is CNC(=O)C(CCC=O)N1C(=O)c2cccc3c(C(CCNC=O)CCNc4cccc(CSN5CC6CC(C5)C6Nc5cccc(-c6sc(C(=O)O)c(OCC(=O)O)c6C(F)(F)F)c5)c4)ccc1c23. The molecule has 2 bridgehead atoms. The van der Waals surface area contributed by atoms with E-state index in [-0.39, 0.29) is 47.1 Å². The number of hydrogen-bond donors (Lipinski definition) is 6. The number of piperidine rings is 2. The van der Waals surface area contributed by atoms with E-state index in [1.165, 1.54) is 18.0 Å². The number of ether oxygens (including phenoxy) is 1. The normalized spacial score (nSPS) is 18.1. The van der Waals surface area contributed by atoms with Crippen molar-refractivity contribution in [3.63, 3.8) is 0 Å². The molecule has 0 radical (unpaired) electrons. The zero-order valence-corrected chi connectivity index (χ0v) is 39.6. The Morgan fingerprint density at radius 3 is 2.40 bits per heavy atom. The summed E-state index contributed by atoms with van der Waals surface area (Å²) in [6.45, 7) is 1.57. The van der Waals surface area contributed by atoms with E-state index < -0.39 is 47.0 Å². The summed E-state index contributed by atoms with van der Waals surface area (Å²) in [5.74, 6) is -3.51. The fourth-order valence-electron chi connectivity index (χ4n) is 9.98. The Balaban J connectivity index is 0.883. The number of carbonyl (C=O) groups excluding carboxylic acids is 4. The summed E-state index contributed by atoms with van der Waals surface area (Å²) >= 11 is 2.14. The lowest BCUT2D eigenvalue weighted by Crippen LogP contribution is -2.59. The number of aliphatic carboxylic acids is 1. The minimum atomic E-state index is -5.01. The van der Waals surface area contributed by atoms with Gasteiger partial charge in [-0.1, -0.05) is 54.4 Å². The molecule has 3 fully saturated rings. The van der Waals surface area contributed by atoms with Gasteiger partial charge in [-0.05, 0) is 102 Å². The van der Waals surface area contributed by atoms with E-state index in [1.54, 1.807) is 36.2 Å². The lowest BCUT2D eigenvalue weighted by molar-refractivity contribution is -0.143. The van der Waals surface area contributed by atoms with E-state index in [1.807, 2.05) is 36.4 Å². The Morgan fingerprint density at radius 2 is 1.69 bits per heavy atom. The Labute approximate surface area is 409 Å². The summed E-state index contributed by atoms with van der Waals surface area (Å²) in [6.07, 6.45) is -0.904. The molecule has 0 spiro atoms. The van der Waals surface area contributed by atoms with Crippen LogP contribution in [0.2, 0.25) is 0 Å². The largest absolute Gasteiger partial charge is 0.479 e. The minimum absolute atomic E-state index is 0.000151. The number of fused-ring (bicyclic) bond motifs is 2. The zero-order valence-electron chi connectivity index (χ0n) is 37.9. The van der Waals surface area contributed by atoms with Crippen LogP contribution in [0, 0.1) is 11.8 Å². The van der Waals surface area contributed by atoms with Crippen LogP contribution in [0.15, 0.2) is 78.9 Å². The fourth-order valence-corrected chi connectivity index (χ4v) is 12.2. The number of carbonyl (C=O) groups is 6. The average molecular weight is 1000 g/mol. The number of rotatable bonds is 24. The first-order chi connectivity index (χ1) is 33.7. The van der Waals surface area contributed by atoms with Gasteiger partial charge in [0.2, 0.25) is 12.3 Å². The first kappa shape index (κ1) is 49.8. The predicted octanol–water partition coefficient (Wildman–Crippen LogP) is 8.11. The number of alkyl halides is 3. The topological polar surface area (TPSA) is 207 Å². The monoisotopic (exact) mass is 1000 g/mol. The van der Waals surface area contributed by atoms with Gasteiger partial charge in [0.1, 0.15) is 17.9 Å². The molecule has 20 heteroatoms. The molecule has 4 heterocycles. The van der Waals surface area contributed by atoms with Crippen LogP contribution in [0.1, 0.15) is 74.7 Å². The van der Waals surface area contributed by atoms with Gasteiger partial charge >= 0.3 is 18.1 Å². The maximum absolute atomic E-state index is 14.4. The Morgan fingerprint density at radius 1 is 0.943 bits per heavy atom. The molecule has 4 aromatic carbocycles. The molecule has 1 aliphatic carbocycles. The van der Waals surface area contributed by atoms with E-state index in [4.69, 9.17) is 9.84 Å². The van der Waals surface area contributed by atoms with Crippen molar-refractivity contribution in [3.05, 3.63) is 106 Å². The third-order valence-corrected chi connectivity index (χ3v) is 15.5. The molecule has 4 aliphatic rings. The summed E-state index contributed by atoms with van der Waals surface area (Å²) in [7, 11) is 1.51. The molecule has 1 saturated carbocycles.